The van der Waals surface area contributed by atoms with Crippen LogP contribution in [0.3, 0.4) is 0 Å². The normalized spacial score (nSPS) is 11.5. The minimum atomic E-state index is 0.985. The smallest absolute Gasteiger partial charge is 0.0169 e. The van der Waals surface area contributed by atoms with Gasteiger partial charge >= 0.3 is 0 Å². The maximum absolute atomic E-state index is 3.84. The van der Waals surface area contributed by atoms with E-state index in [1.54, 1.807) is 0 Å². The summed E-state index contributed by atoms with van der Waals surface area (Å²) in [6.07, 6.45) is 20.5. The lowest BCUT2D eigenvalue weighted by atomic mass is 10.1. The molecule has 0 bridgehead atoms. The number of hydrogen-bond donors (Lipinski definition) is 0. The molecule has 0 nitrogen and oxygen atoms in total. The van der Waals surface area contributed by atoms with E-state index in [9.17, 15) is 0 Å². The van der Waals surface area contributed by atoms with Crippen molar-refractivity contribution in [3.8, 4) is 0 Å². The summed E-state index contributed by atoms with van der Waals surface area (Å²) >= 11 is 0. The molecule has 0 aromatic heterocycles. The third kappa shape index (κ3) is 13.2. The van der Waals surface area contributed by atoms with Crippen LogP contribution in [0.2, 0.25) is 0 Å². The van der Waals surface area contributed by atoms with Crippen LogP contribution >= 0.6 is 0 Å². The Bertz CT molecular complexity index is 174. The predicted molar refractivity (Wildman–Crippen MR) is 70.8 cm³/mol. The van der Waals surface area contributed by atoms with Crippen LogP contribution in [-0.4, -0.2) is 0 Å². The first-order valence-electron chi connectivity index (χ1n) is 6.12. The van der Waals surface area contributed by atoms with Crippen molar-refractivity contribution >= 4 is 0 Å². The Balaban J connectivity index is 3.13. The van der Waals surface area contributed by atoms with Gasteiger partial charge in [-0.3, -0.25) is 0 Å². The van der Waals surface area contributed by atoms with Crippen LogP contribution in [0.15, 0.2) is 37.0 Å². The molecule has 0 amide bonds. The number of unbranched alkanes of at least 4 members (excludes halogenated alkanes) is 5. The average molecular weight is 205 g/mol. The summed E-state index contributed by atoms with van der Waals surface area (Å²) in [7, 11) is 0. The zero-order valence-corrected chi connectivity index (χ0v) is 9.96. The average Bonchev–Trinajstić information content (AvgIpc) is 2.26. The minimum absolute atomic E-state index is 0.985. The zero-order chi connectivity index (χ0) is 11.2. The Morgan fingerprint density at radius 1 is 0.733 bits per heavy atom. The highest BCUT2D eigenvalue weighted by Gasteiger charge is 1.85. The summed E-state index contributed by atoms with van der Waals surface area (Å²) in [4.78, 5) is 0. The SMILES string of the molecule is [CH2]CCCCCCC=CC/C=C\CC=C. The molecule has 0 saturated carbocycles. The maximum atomic E-state index is 3.84. The zero-order valence-electron chi connectivity index (χ0n) is 9.96. The molecule has 0 fully saturated rings. The summed E-state index contributed by atoms with van der Waals surface area (Å²) in [5, 5.41) is 0. The fraction of sp³-hybridized carbons (Fsp3) is 0.533. The van der Waals surface area contributed by atoms with Gasteiger partial charge in [0.2, 0.25) is 0 Å². The van der Waals surface area contributed by atoms with Crippen molar-refractivity contribution in [1.82, 2.24) is 0 Å². The van der Waals surface area contributed by atoms with Gasteiger partial charge in [-0.25, -0.2) is 0 Å². The summed E-state index contributed by atoms with van der Waals surface area (Å²) in [6, 6.07) is 0. The van der Waals surface area contributed by atoms with Gasteiger partial charge in [0.1, 0.15) is 0 Å². The van der Waals surface area contributed by atoms with Crippen LogP contribution in [0.4, 0.5) is 0 Å². The topological polar surface area (TPSA) is 0 Å². The van der Waals surface area contributed by atoms with E-state index in [0.717, 1.165) is 19.3 Å². The van der Waals surface area contributed by atoms with E-state index in [0.29, 0.717) is 0 Å². The molecule has 15 heavy (non-hydrogen) atoms. The van der Waals surface area contributed by atoms with Crippen LogP contribution in [0, 0.1) is 6.92 Å². The highest BCUT2D eigenvalue weighted by molar-refractivity contribution is 4.95. The molecule has 0 aliphatic heterocycles. The van der Waals surface area contributed by atoms with Gasteiger partial charge in [-0.1, -0.05) is 63.0 Å². The largest absolute Gasteiger partial charge is 0.103 e. The Morgan fingerprint density at radius 3 is 2.13 bits per heavy atom. The molecular formula is C15H25. The van der Waals surface area contributed by atoms with Gasteiger partial charge in [-0.15, -0.1) is 6.58 Å². The molecule has 0 saturated heterocycles. The van der Waals surface area contributed by atoms with Crippen molar-refractivity contribution in [3.05, 3.63) is 43.9 Å². The Morgan fingerprint density at radius 2 is 1.40 bits per heavy atom. The van der Waals surface area contributed by atoms with Gasteiger partial charge in [0.05, 0.1) is 0 Å². The minimum Gasteiger partial charge on any atom is -0.103 e. The van der Waals surface area contributed by atoms with Gasteiger partial charge in [0.25, 0.3) is 0 Å². The lowest BCUT2D eigenvalue weighted by molar-refractivity contribution is 0.651. The maximum Gasteiger partial charge on any atom is -0.0169 e. The van der Waals surface area contributed by atoms with E-state index in [4.69, 9.17) is 0 Å². The molecule has 85 valence electrons. The Kier molecular flexibility index (Phi) is 12.5. The molecule has 0 aromatic rings. The van der Waals surface area contributed by atoms with E-state index >= 15 is 0 Å². The molecular weight excluding hydrogens is 180 g/mol. The van der Waals surface area contributed by atoms with Crippen molar-refractivity contribution in [2.75, 3.05) is 0 Å². The van der Waals surface area contributed by atoms with Crippen molar-refractivity contribution in [3.63, 3.8) is 0 Å². The first-order valence-corrected chi connectivity index (χ1v) is 6.12. The molecule has 0 spiro atoms. The first kappa shape index (κ1) is 14.2. The lowest BCUT2D eigenvalue weighted by Crippen LogP contribution is -1.75. The number of rotatable bonds is 10. The van der Waals surface area contributed by atoms with Gasteiger partial charge in [-0.2, -0.15) is 0 Å². The lowest BCUT2D eigenvalue weighted by Gasteiger charge is -1.95. The predicted octanol–water partition coefficient (Wildman–Crippen LogP) is 5.24. The van der Waals surface area contributed by atoms with Crippen molar-refractivity contribution in [1.29, 1.82) is 0 Å². The van der Waals surface area contributed by atoms with Crippen molar-refractivity contribution in [2.45, 2.75) is 51.4 Å². The second kappa shape index (κ2) is 13.2. The highest BCUT2D eigenvalue weighted by Crippen LogP contribution is 2.05. The van der Waals surface area contributed by atoms with Gasteiger partial charge < -0.3 is 0 Å². The van der Waals surface area contributed by atoms with Gasteiger partial charge in [-0.05, 0) is 25.7 Å². The van der Waals surface area contributed by atoms with Crippen LogP contribution in [0.5, 0.6) is 0 Å². The molecule has 1 radical (unpaired) electrons. The van der Waals surface area contributed by atoms with Gasteiger partial charge in [0.15, 0.2) is 0 Å². The molecule has 0 heterocycles. The summed E-state index contributed by atoms with van der Waals surface area (Å²) in [5.74, 6) is 0. The van der Waals surface area contributed by atoms with E-state index in [1.807, 2.05) is 6.08 Å². The standard InChI is InChI=1S/C15H25/c1-3-5-7-9-11-13-15-14-12-10-8-6-4-2/h3,7,9,13,15H,1-2,4-6,8,10-12,14H2/b9-7-,15-13?. The van der Waals surface area contributed by atoms with E-state index in [2.05, 4.69) is 37.8 Å². The Hall–Kier alpha value is -0.780. The third-order valence-electron chi connectivity index (χ3n) is 2.28. The molecule has 0 heteroatoms. The molecule has 0 N–H and O–H groups in total. The second-order valence-electron chi connectivity index (χ2n) is 3.76. The Labute approximate surface area is 95.8 Å². The second-order valence-corrected chi connectivity index (χ2v) is 3.76. The van der Waals surface area contributed by atoms with Crippen LogP contribution in [-0.2, 0) is 0 Å². The third-order valence-corrected chi connectivity index (χ3v) is 2.28. The summed E-state index contributed by atoms with van der Waals surface area (Å²) in [5.41, 5.74) is 0. The van der Waals surface area contributed by atoms with Gasteiger partial charge in [0, 0.05) is 0 Å². The van der Waals surface area contributed by atoms with E-state index in [-0.39, 0.29) is 0 Å². The van der Waals surface area contributed by atoms with Crippen molar-refractivity contribution < 1.29 is 0 Å². The quantitative estimate of drug-likeness (QED) is 0.338. The molecule has 0 rings (SSSR count). The first-order chi connectivity index (χ1) is 7.41. The number of allylic oxidation sites excluding steroid dienone is 5. The van der Waals surface area contributed by atoms with Crippen LogP contribution in [0.25, 0.3) is 0 Å². The molecule has 0 aliphatic rings. The molecule has 0 aliphatic carbocycles. The monoisotopic (exact) mass is 205 g/mol. The highest BCUT2D eigenvalue weighted by atomic mass is 13.9. The van der Waals surface area contributed by atoms with E-state index < -0.39 is 0 Å². The summed E-state index contributed by atoms with van der Waals surface area (Å²) in [6.45, 7) is 7.51. The van der Waals surface area contributed by atoms with Crippen LogP contribution < -0.4 is 0 Å². The fourth-order valence-corrected chi connectivity index (χ4v) is 1.37. The molecule has 0 atom stereocenters. The van der Waals surface area contributed by atoms with E-state index in [1.165, 1.54) is 32.1 Å². The molecule has 0 unspecified atom stereocenters. The molecule has 0 aromatic carbocycles. The fourth-order valence-electron chi connectivity index (χ4n) is 1.37. The van der Waals surface area contributed by atoms with Crippen LogP contribution in [0.1, 0.15) is 51.4 Å². The number of hydrogen-bond acceptors (Lipinski definition) is 0. The van der Waals surface area contributed by atoms with Crippen molar-refractivity contribution in [2.24, 2.45) is 0 Å². The summed E-state index contributed by atoms with van der Waals surface area (Å²) < 4.78 is 0.